The van der Waals surface area contributed by atoms with E-state index in [4.69, 9.17) is 22.1 Å². The summed E-state index contributed by atoms with van der Waals surface area (Å²) in [5, 5.41) is 0.477. The van der Waals surface area contributed by atoms with E-state index >= 15 is 0 Å². The molecule has 1 aliphatic rings. The normalized spacial score (nSPS) is 20.7. The Morgan fingerprint density at radius 1 is 1.65 bits per heavy atom. The van der Waals surface area contributed by atoms with Crippen molar-refractivity contribution in [3.05, 3.63) is 17.3 Å². The molecule has 0 aliphatic carbocycles. The first-order valence-electron chi connectivity index (χ1n) is 5.91. The van der Waals surface area contributed by atoms with Crippen molar-refractivity contribution in [1.82, 2.24) is 9.88 Å². The smallest absolute Gasteiger partial charge is 0.232 e. The Balaban J connectivity index is 1.81. The first-order valence-corrected chi connectivity index (χ1v) is 6.28. The summed E-state index contributed by atoms with van der Waals surface area (Å²) in [4.78, 5) is 6.44. The minimum absolute atomic E-state index is 0.474. The summed E-state index contributed by atoms with van der Waals surface area (Å²) >= 11 is 5.98. The molecule has 1 fully saturated rings. The van der Waals surface area contributed by atoms with Crippen molar-refractivity contribution in [1.29, 1.82) is 0 Å². The van der Waals surface area contributed by atoms with Gasteiger partial charge in [0.15, 0.2) is 0 Å². The van der Waals surface area contributed by atoms with E-state index in [-0.39, 0.29) is 0 Å². The third kappa shape index (κ3) is 3.23. The minimum Gasteiger partial charge on any atom is -0.477 e. The van der Waals surface area contributed by atoms with Gasteiger partial charge in [-0.15, -0.1) is 0 Å². The number of nitrogen functional groups attached to an aromatic ring is 1. The molecule has 2 heterocycles. The van der Waals surface area contributed by atoms with E-state index in [0.717, 1.165) is 6.42 Å². The summed E-state index contributed by atoms with van der Waals surface area (Å²) in [6, 6.07) is 2.29. The van der Waals surface area contributed by atoms with Gasteiger partial charge in [-0.25, -0.2) is 4.98 Å². The van der Waals surface area contributed by atoms with E-state index in [9.17, 15) is 0 Å². The van der Waals surface area contributed by atoms with Gasteiger partial charge in [-0.05, 0) is 38.9 Å². The zero-order chi connectivity index (χ0) is 12.3. The number of pyridine rings is 1. The molecule has 0 saturated carbocycles. The molecule has 0 amide bonds. The number of halogens is 1. The van der Waals surface area contributed by atoms with Crippen LogP contribution in [0.2, 0.25) is 5.02 Å². The number of nitrogens with zero attached hydrogens (tertiary/aromatic N) is 2. The van der Waals surface area contributed by atoms with E-state index in [1.54, 1.807) is 12.3 Å². The highest BCUT2D eigenvalue weighted by Crippen LogP contribution is 2.24. The molecule has 0 aromatic carbocycles. The number of aromatic nitrogens is 1. The molecule has 2 rings (SSSR count). The Morgan fingerprint density at radius 2 is 2.47 bits per heavy atom. The van der Waals surface area contributed by atoms with Crippen LogP contribution in [-0.2, 0) is 0 Å². The van der Waals surface area contributed by atoms with Crippen LogP contribution in [0.5, 0.6) is 5.88 Å². The fourth-order valence-electron chi connectivity index (χ4n) is 2.18. The maximum atomic E-state index is 5.98. The highest BCUT2D eigenvalue weighted by molar-refractivity contribution is 6.32. The van der Waals surface area contributed by atoms with Crippen molar-refractivity contribution in [2.24, 2.45) is 0 Å². The number of anilines is 1. The second-order valence-electron chi connectivity index (χ2n) is 4.47. The summed E-state index contributed by atoms with van der Waals surface area (Å²) in [5.74, 6) is 0.474. The first-order chi connectivity index (χ1) is 8.16. The lowest BCUT2D eigenvalue weighted by molar-refractivity contribution is 0.229. The fraction of sp³-hybridized carbons (Fsp3) is 0.583. The van der Waals surface area contributed by atoms with E-state index in [2.05, 4.69) is 16.9 Å². The Bertz CT molecular complexity index is 386. The topological polar surface area (TPSA) is 51.4 Å². The predicted octanol–water partition coefficient (Wildman–Crippen LogP) is 2.18. The summed E-state index contributed by atoms with van der Waals surface area (Å²) in [7, 11) is 2.16. The van der Waals surface area contributed by atoms with Crippen molar-refractivity contribution in [3.8, 4) is 5.88 Å². The molecule has 1 aliphatic heterocycles. The molecule has 5 heteroatoms. The molecule has 4 nitrogen and oxygen atoms in total. The zero-order valence-corrected chi connectivity index (χ0v) is 10.8. The van der Waals surface area contributed by atoms with Crippen molar-refractivity contribution < 1.29 is 4.74 Å². The van der Waals surface area contributed by atoms with Gasteiger partial charge in [-0.3, -0.25) is 0 Å². The van der Waals surface area contributed by atoms with Crippen LogP contribution in [-0.4, -0.2) is 36.1 Å². The van der Waals surface area contributed by atoms with E-state index < -0.39 is 0 Å². The third-order valence-corrected chi connectivity index (χ3v) is 3.46. The number of ether oxygens (including phenoxy) is 1. The molecule has 2 N–H and O–H groups in total. The maximum Gasteiger partial charge on any atom is 0.232 e. The molecule has 1 atom stereocenters. The Morgan fingerprint density at radius 3 is 3.12 bits per heavy atom. The second kappa shape index (κ2) is 5.56. The van der Waals surface area contributed by atoms with E-state index in [1.165, 1.54) is 19.4 Å². The van der Waals surface area contributed by atoms with E-state index in [0.29, 0.717) is 29.2 Å². The quantitative estimate of drug-likeness (QED) is 0.896. The van der Waals surface area contributed by atoms with Crippen molar-refractivity contribution >= 4 is 17.3 Å². The van der Waals surface area contributed by atoms with Gasteiger partial charge in [-0.2, -0.15) is 0 Å². The van der Waals surface area contributed by atoms with Gasteiger partial charge in [-0.1, -0.05) is 11.6 Å². The predicted molar refractivity (Wildman–Crippen MR) is 69.4 cm³/mol. The summed E-state index contributed by atoms with van der Waals surface area (Å²) in [6.45, 7) is 1.83. The van der Waals surface area contributed by atoms with Gasteiger partial charge in [0.2, 0.25) is 5.88 Å². The zero-order valence-electron chi connectivity index (χ0n) is 10.0. The molecule has 0 bridgehead atoms. The molecule has 94 valence electrons. The van der Waals surface area contributed by atoms with Crippen LogP contribution in [0.15, 0.2) is 12.3 Å². The largest absolute Gasteiger partial charge is 0.477 e. The lowest BCUT2D eigenvalue weighted by Gasteiger charge is -2.19. The molecule has 1 unspecified atom stereocenters. The molecule has 1 saturated heterocycles. The van der Waals surface area contributed by atoms with Crippen molar-refractivity contribution in [2.75, 3.05) is 25.9 Å². The van der Waals surface area contributed by atoms with Gasteiger partial charge < -0.3 is 15.4 Å². The average Bonchev–Trinajstić information content (AvgIpc) is 2.68. The first kappa shape index (κ1) is 12.5. The summed E-state index contributed by atoms with van der Waals surface area (Å²) in [6.07, 6.45) is 5.10. The number of rotatable bonds is 4. The number of hydrogen-bond acceptors (Lipinski definition) is 4. The Labute approximate surface area is 107 Å². The van der Waals surface area contributed by atoms with Crippen LogP contribution in [0, 0.1) is 0 Å². The third-order valence-electron chi connectivity index (χ3n) is 3.19. The van der Waals surface area contributed by atoms with Crippen LogP contribution >= 0.6 is 11.6 Å². The van der Waals surface area contributed by atoms with Crippen LogP contribution in [0.1, 0.15) is 19.3 Å². The highest BCUT2D eigenvalue weighted by atomic mass is 35.5. The molecule has 1 aromatic rings. The Hall–Kier alpha value is -1.00. The molecule has 17 heavy (non-hydrogen) atoms. The second-order valence-corrected chi connectivity index (χ2v) is 4.88. The van der Waals surface area contributed by atoms with Crippen molar-refractivity contribution in [3.63, 3.8) is 0 Å². The molecular weight excluding hydrogens is 238 g/mol. The highest BCUT2D eigenvalue weighted by Gasteiger charge is 2.20. The van der Waals surface area contributed by atoms with Crippen LogP contribution < -0.4 is 10.5 Å². The molecule has 0 radical (unpaired) electrons. The van der Waals surface area contributed by atoms with E-state index in [1.807, 2.05) is 0 Å². The number of likely N-dealkylation sites (tertiary alicyclic amines) is 1. The van der Waals surface area contributed by atoms with Crippen LogP contribution in [0.25, 0.3) is 0 Å². The minimum atomic E-state index is 0.474. The van der Waals surface area contributed by atoms with Crippen molar-refractivity contribution in [2.45, 2.75) is 25.3 Å². The molecular formula is C12H18ClN3O. The summed E-state index contributed by atoms with van der Waals surface area (Å²) in [5.41, 5.74) is 6.12. The standard InChI is InChI=1S/C12H18ClN3O/c1-16-5-2-3-10(16)4-6-17-12-11(13)7-9(14)8-15-12/h7-8,10H,2-6,14H2,1H3. The number of hydrogen-bond donors (Lipinski definition) is 1. The van der Waals surface area contributed by atoms with Gasteiger partial charge in [0, 0.05) is 6.04 Å². The van der Waals surface area contributed by atoms with Crippen LogP contribution in [0.3, 0.4) is 0 Å². The van der Waals surface area contributed by atoms with Gasteiger partial charge in [0.05, 0.1) is 18.5 Å². The maximum absolute atomic E-state index is 5.98. The van der Waals surface area contributed by atoms with Gasteiger partial charge in [0.25, 0.3) is 0 Å². The average molecular weight is 256 g/mol. The monoisotopic (exact) mass is 255 g/mol. The van der Waals surface area contributed by atoms with Crippen LogP contribution in [0.4, 0.5) is 5.69 Å². The SMILES string of the molecule is CN1CCCC1CCOc1ncc(N)cc1Cl. The fourth-order valence-corrected chi connectivity index (χ4v) is 2.41. The van der Waals surface area contributed by atoms with Gasteiger partial charge >= 0.3 is 0 Å². The number of nitrogens with two attached hydrogens (primary N) is 1. The van der Waals surface area contributed by atoms with Gasteiger partial charge in [0.1, 0.15) is 5.02 Å². The summed E-state index contributed by atoms with van der Waals surface area (Å²) < 4.78 is 5.58. The molecule has 0 spiro atoms. The Kier molecular flexibility index (Phi) is 4.07. The molecule has 1 aromatic heterocycles. The lowest BCUT2D eigenvalue weighted by atomic mass is 10.1. The lowest BCUT2D eigenvalue weighted by Crippen LogP contribution is -2.26.